The smallest absolute Gasteiger partial charge is 0.303 e. The third kappa shape index (κ3) is 5.68. The molecule has 1 rings (SSSR count). The Morgan fingerprint density at radius 1 is 1.47 bits per heavy atom. The summed E-state index contributed by atoms with van der Waals surface area (Å²) in [5.74, 6) is -0.731. The second-order valence-electron chi connectivity index (χ2n) is 4.70. The maximum Gasteiger partial charge on any atom is 0.303 e. The van der Waals surface area contributed by atoms with Gasteiger partial charge in [0.25, 0.3) is 0 Å². The Kier molecular flexibility index (Phi) is 5.97. The van der Waals surface area contributed by atoms with Gasteiger partial charge in [0.05, 0.1) is 6.04 Å². The SMILES string of the molecule is CC(CCCC(=O)O)NC(=O)[C@@H]1CCCCN1. The van der Waals surface area contributed by atoms with Crippen LogP contribution in [-0.4, -0.2) is 35.6 Å². The van der Waals surface area contributed by atoms with Crippen LogP contribution in [0.3, 0.4) is 0 Å². The van der Waals surface area contributed by atoms with Crippen LogP contribution < -0.4 is 10.6 Å². The molecule has 0 aromatic rings. The minimum Gasteiger partial charge on any atom is -0.481 e. The summed E-state index contributed by atoms with van der Waals surface area (Å²) in [6.45, 7) is 2.83. The summed E-state index contributed by atoms with van der Waals surface area (Å²) in [6.07, 6.45) is 4.62. The first-order chi connectivity index (χ1) is 8.09. The lowest BCUT2D eigenvalue weighted by atomic mass is 10.0. The molecular formula is C12H22N2O3. The molecule has 0 bridgehead atoms. The highest BCUT2D eigenvalue weighted by molar-refractivity contribution is 5.82. The number of hydrogen-bond donors (Lipinski definition) is 3. The fourth-order valence-corrected chi connectivity index (χ4v) is 2.05. The molecule has 5 heteroatoms. The summed E-state index contributed by atoms with van der Waals surface area (Å²) in [4.78, 5) is 22.2. The molecule has 0 aromatic heterocycles. The fraction of sp³-hybridized carbons (Fsp3) is 0.833. The lowest BCUT2D eigenvalue weighted by Gasteiger charge is -2.24. The number of rotatable bonds is 6. The normalized spacial score (nSPS) is 21.8. The number of carbonyl (C=O) groups is 2. The minimum atomic E-state index is -0.780. The van der Waals surface area contributed by atoms with Gasteiger partial charge >= 0.3 is 5.97 Å². The Labute approximate surface area is 102 Å². The van der Waals surface area contributed by atoms with Crippen LogP contribution in [0.2, 0.25) is 0 Å². The Morgan fingerprint density at radius 2 is 2.24 bits per heavy atom. The van der Waals surface area contributed by atoms with Crippen molar-refractivity contribution >= 4 is 11.9 Å². The van der Waals surface area contributed by atoms with E-state index >= 15 is 0 Å². The molecule has 1 unspecified atom stereocenters. The Morgan fingerprint density at radius 3 is 2.82 bits per heavy atom. The van der Waals surface area contributed by atoms with Crippen molar-refractivity contribution in [2.75, 3.05) is 6.54 Å². The van der Waals surface area contributed by atoms with Gasteiger partial charge in [-0.25, -0.2) is 0 Å². The maximum absolute atomic E-state index is 11.8. The van der Waals surface area contributed by atoms with E-state index in [1.807, 2.05) is 6.92 Å². The van der Waals surface area contributed by atoms with Crippen molar-refractivity contribution < 1.29 is 14.7 Å². The number of carbonyl (C=O) groups excluding carboxylic acids is 1. The summed E-state index contributed by atoms with van der Waals surface area (Å²) < 4.78 is 0. The molecule has 1 aliphatic heterocycles. The summed E-state index contributed by atoms with van der Waals surface area (Å²) >= 11 is 0. The number of carboxylic acids is 1. The van der Waals surface area contributed by atoms with Crippen molar-refractivity contribution in [2.45, 2.75) is 57.5 Å². The van der Waals surface area contributed by atoms with Crippen molar-refractivity contribution in [3.8, 4) is 0 Å². The molecule has 1 amide bonds. The van der Waals surface area contributed by atoms with Crippen molar-refractivity contribution in [1.29, 1.82) is 0 Å². The summed E-state index contributed by atoms with van der Waals surface area (Å²) in [5.41, 5.74) is 0. The Hall–Kier alpha value is -1.10. The summed E-state index contributed by atoms with van der Waals surface area (Å²) in [5, 5.41) is 14.6. The van der Waals surface area contributed by atoms with Crippen LogP contribution >= 0.6 is 0 Å². The van der Waals surface area contributed by atoms with Crippen LogP contribution in [0.4, 0.5) is 0 Å². The van der Waals surface area contributed by atoms with Gasteiger partial charge in [-0.05, 0) is 39.2 Å². The standard InChI is InChI=1S/C12H22N2O3/c1-9(5-4-7-11(15)16)14-12(17)10-6-2-3-8-13-10/h9-10,13H,2-8H2,1H3,(H,14,17)(H,15,16)/t9?,10-/m0/s1. The third-order valence-electron chi connectivity index (χ3n) is 3.04. The molecule has 1 fully saturated rings. The molecule has 1 aliphatic rings. The highest BCUT2D eigenvalue weighted by atomic mass is 16.4. The van der Waals surface area contributed by atoms with E-state index in [1.54, 1.807) is 0 Å². The lowest BCUT2D eigenvalue weighted by Crippen LogP contribution is -2.48. The van der Waals surface area contributed by atoms with Crippen LogP contribution in [0, 0.1) is 0 Å². The summed E-state index contributed by atoms with van der Waals surface area (Å²) in [6, 6.07) is -0.0174. The Bertz CT molecular complexity index is 262. The van der Waals surface area contributed by atoms with Crippen LogP contribution in [0.5, 0.6) is 0 Å². The number of nitrogens with one attached hydrogen (secondary N) is 2. The quantitative estimate of drug-likeness (QED) is 0.646. The number of amides is 1. The van der Waals surface area contributed by atoms with Gasteiger partial charge in [0.1, 0.15) is 0 Å². The van der Waals surface area contributed by atoms with Crippen molar-refractivity contribution in [2.24, 2.45) is 0 Å². The molecular weight excluding hydrogens is 220 g/mol. The molecule has 98 valence electrons. The van der Waals surface area contributed by atoms with Crippen molar-refractivity contribution in [3.05, 3.63) is 0 Å². The molecule has 0 aromatic carbocycles. The van der Waals surface area contributed by atoms with E-state index < -0.39 is 5.97 Å². The van der Waals surface area contributed by atoms with Gasteiger partial charge in [-0.15, -0.1) is 0 Å². The van der Waals surface area contributed by atoms with Crippen molar-refractivity contribution in [1.82, 2.24) is 10.6 Å². The molecule has 5 nitrogen and oxygen atoms in total. The highest BCUT2D eigenvalue weighted by Gasteiger charge is 2.21. The average Bonchev–Trinajstić information content (AvgIpc) is 2.29. The van der Waals surface area contributed by atoms with Gasteiger partial charge < -0.3 is 15.7 Å². The molecule has 0 saturated carbocycles. The van der Waals surface area contributed by atoms with Gasteiger partial charge in [0.15, 0.2) is 0 Å². The second kappa shape index (κ2) is 7.27. The van der Waals surface area contributed by atoms with Crippen LogP contribution in [0.15, 0.2) is 0 Å². The second-order valence-corrected chi connectivity index (χ2v) is 4.70. The van der Waals surface area contributed by atoms with E-state index in [-0.39, 0.29) is 24.4 Å². The molecule has 1 heterocycles. The number of aliphatic carboxylic acids is 1. The van der Waals surface area contributed by atoms with Crippen molar-refractivity contribution in [3.63, 3.8) is 0 Å². The minimum absolute atomic E-state index is 0.0468. The number of carboxylic acid groups (broad SMARTS) is 1. The molecule has 3 N–H and O–H groups in total. The zero-order valence-electron chi connectivity index (χ0n) is 10.4. The first kappa shape index (κ1) is 14.0. The topological polar surface area (TPSA) is 78.4 Å². The van der Waals surface area contributed by atoms with E-state index in [9.17, 15) is 9.59 Å². The monoisotopic (exact) mass is 242 g/mol. The molecule has 2 atom stereocenters. The molecule has 0 spiro atoms. The van der Waals surface area contributed by atoms with E-state index in [0.29, 0.717) is 12.8 Å². The molecule has 0 aliphatic carbocycles. The van der Waals surface area contributed by atoms with E-state index in [1.165, 1.54) is 0 Å². The fourth-order valence-electron chi connectivity index (χ4n) is 2.05. The average molecular weight is 242 g/mol. The van der Waals surface area contributed by atoms with Gasteiger partial charge in [-0.3, -0.25) is 9.59 Å². The Balaban J connectivity index is 2.18. The lowest BCUT2D eigenvalue weighted by molar-refractivity contribution is -0.137. The first-order valence-electron chi connectivity index (χ1n) is 6.35. The molecule has 17 heavy (non-hydrogen) atoms. The predicted octanol–water partition coefficient (Wildman–Crippen LogP) is 0.888. The molecule has 1 saturated heterocycles. The zero-order valence-corrected chi connectivity index (χ0v) is 10.4. The van der Waals surface area contributed by atoms with Gasteiger partial charge in [0.2, 0.25) is 5.91 Å². The van der Waals surface area contributed by atoms with Gasteiger partial charge in [-0.1, -0.05) is 6.42 Å². The van der Waals surface area contributed by atoms with Crippen LogP contribution in [-0.2, 0) is 9.59 Å². The van der Waals surface area contributed by atoms with Crippen LogP contribution in [0.25, 0.3) is 0 Å². The number of hydrogen-bond acceptors (Lipinski definition) is 3. The van der Waals surface area contributed by atoms with Gasteiger partial charge in [-0.2, -0.15) is 0 Å². The van der Waals surface area contributed by atoms with E-state index in [2.05, 4.69) is 10.6 Å². The largest absolute Gasteiger partial charge is 0.481 e. The van der Waals surface area contributed by atoms with E-state index in [0.717, 1.165) is 25.8 Å². The highest BCUT2D eigenvalue weighted by Crippen LogP contribution is 2.08. The predicted molar refractivity (Wildman–Crippen MR) is 64.7 cm³/mol. The zero-order chi connectivity index (χ0) is 12.7. The third-order valence-corrected chi connectivity index (χ3v) is 3.04. The van der Waals surface area contributed by atoms with Gasteiger partial charge in [0, 0.05) is 12.5 Å². The van der Waals surface area contributed by atoms with E-state index in [4.69, 9.17) is 5.11 Å². The first-order valence-corrected chi connectivity index (χ1v) is 6.35. The van der Waals surface area contributed by atoms with Crippen LogP contribution in [0.1, 0.15) is 45.4 Å². The number of piperidine rings is 1. The molecule has 0 radical (unpaired) electrons. The summed E-state index contributed by atoms with van der Waals surface area (Å²) in [7, 11) is 0. The maximum atomic E-state index is 11.8.